The zero-order valence-electron chi connectivity index (χ0n) is 9.94. The molecule has 0 bridgehead atoms. The fraction of sp³-hybridized carbons (Fsp3) is 0.455. The molecule has 1 saturated heterocycles. The van der Waals surface area contributed by atoms with Gasteiger partial charge < -0.3 is 10.2 Å². The maximum Gasteiger partial charge on any atom is 0.501 e. The lowest BCUT2D eigenvalue weighted by molar-refractivity contribution is -0.0435. The molecule has 0 saturated carbocycles. The van der Waals surface area contributed by atoms with Crippen molar-refractivity contribution >= 4 is 15.5 Å². The number of hydrogen-bond acceptors (Lipinski definition) is 4. The highest BCUT2D eigenvalue weighted by molar-refractivity contribution is 7.92. The summed E-state index contributed by atoms with van der Waals surface area (Å²) in [7, 11) is -5.28. The molecule has 1 aliphatic rings. The predicted molar refractivity (Wildman–Crippen MR) is 64.8 cm³/mol. The second-order valence-electron chi connectivity index (χ2n) is 4.18. The molecule has 1 aliphatic heterocycles. The second-order valence-corrected chi connectivity index (χ2v) is 6.12. The predicted octanol–water partition coefficient (Wildman–Crippen LogP) is 1.39. The monoisotopic (exact) mass is 294 g/mol. The Bertz CT molecular complexity index is 551. The van der Waals surface area contributed by atoms with Gasteiger partial charge in [-0.3, -0.25) is 0 Å². The van der Waals surface area contributed by atoms with Gasteiger partial charge in [0.15, 0.2) is 0 Å². The highest BCUT2D eigenvalue weighted by atomic mass is 32.2. The number of sulfone groups is 1. The van der Waals surface area contributed by atoms with Crippen LogP contribution in [0.2, 0.25) is 0 Å². The van der Waals surface area contributed by atoms with Crippen molar-refractivity contribution in [1.82, 2.24) is 5.32 Å². The van der Waals surface area contributed by atoms with Gasteiger partial charge in [0, 0.05) is 31.9 Å². The first-order valence-corrected chi connectivity index (χ1v) is 7.18. The van der Waals surface area contributed by atoms with E-state index in [2.05, 4.69) is 5.32 Å². The van der Waals surface area contributed by atoms with Crippen molar-refractivity contribution in [2.45, 2.75) is 10.4 Å². The number of hydrogen-bond donors (Lipinski definition) is 1. The molecule has 0 aromatic heterocycles. The molecule has 0 radical (unpaired) electrons. The molecule has 0 spiro atoms. The van der Waals surface area contributed by atoms with Crippen LogP contribution in [0.5, 0.6) is 0 Å². The summed E-state index contributed by atoms with van der Waals surface area (Å²) in [5.41, 5.74) is -4.78. The molecule has 1 aromatic rings. The molecule has 19 heavy (non-hydrogen) atoms. The number of nitrogens with one attached hydrogen (secondary N) is 1. The normalized spacial score (nSPS) is 17.5. The SMILES string of the molecule is O=S(=O)(c1cccc(N2CCNCC2)c1)C(F)(F)F. The van der Waals surface area contributed by atoms with Gasteiger partial charge in [0.25, 0.3) is 9.84 Å². The lowest BCUT2D eigenvalue weighted by Gasteiger charge is -2.29. The second kappa shape index (κ2) is 5.01. The van der Waals surface area contributed by atoms with Gasteiger partial charge in [0.05, 0.1) is 4.90 Å². The van der Waals surface area contributed by atoms with E-state index in [9.17, 15) is 21.6 Å². The van der Waals surface area contributed by atoms with E-state index >= 15 is 0 Å². The van der Waals surface area contributed by atoms with Crippen LogP contribution in [-0.4, -0.2) is 40.1 Å². The Balaban J connectivity index is 2.34. The minimum atomic E-state index is -5.28. The van der Waals surface area contributed by atoms with Crippen molar-refractivity contribution in [2.75, 3.05) is 31.1 Å². The molecule has 1 N–H and O–H groups in total. The highest BCUT2D eigenvalue weighted by Gasteiger charge is 2.46. The van der Waals surface area contributed by atoms with E-state index < -0.39 is 20.2 Å². The molecule has 8 heteroatoms. The van der Waals surface area contributed by atoms with Gasteiger partial charge in [0.2, 0.25) is 0 Å². The third kappa shape index (κ3) is 2.84. The minimum Gasteiger partial charge on any atom is -0.369 e. The van der Waals surface area contributed by atoms with Crippen LogP contribution in [-0.2, 0) is 9.84 Å². The first kappa shape index (κ1) is 14.1. The fourth-order valence-corrected chi connectivity index (χ4v) is 2.70. The lowest BCUT2D eigenvalue weighted by Crippen LogP contribution is -2.43. The number of piperazine rings is 1. The van der Waals surface area contributed by atoms with Crippen molar-refractivity contribution < 1.29 is 21.6 Å². The standard InChI is InChI=1S/C11H13F3N2O2S/c12-11(13,14)19(17,18)10-3-1-2-9(8-10)16-6-4-15-5-7-16/h1-3,8,15H,4-7H2. The Morgan fingerprint density at radius 3 is 2.37 bits per heavy atom. The Morgan fingerprint density at radius 2 is 1.79 bits per heavy atom. The smallest absolute Gasteiger partial charge is 0.369 e. The number of benzene rings is 1. The number of halogens is 3. The fourth-order valence-electron chi connectivity index (χ4n) is 1.90. The van der Waals surface area contributed by atoms with Gasteiger partial charge in [0.1, 0.15) is 0 Å². The molecule has 2 rings (SSSR count). The van der Waals surface area contributed by atoms with E-state index in [1.54, 1.807) is 6.07 Å². The average Bonchev–Trinajstić information content (AvgIpc) is 2.39. The number of anilines is 1. The molecule has 0 atom stereocenters. The molecular formula is C11H13F3N2O2S. The third-order valence-corrected chi connectivity index (χ3v) is 4.40. The van der Waals surface area contributed by atoms with E-state index in [0.29, 0.717) is 18.8 Å². The Hall–Kier alpha value is -1.28. The largest absolute Gasteiger partial charge is 0.501 e. The summed E-state index contributed by atoms with van der Waals surface area (Å²) in [6.07, 6.45) is 0. The summed E-state index contributed by atoms with van der Waals surface area (Å²) >= 11 is 0. The van der Waals surface area contributed by atoms with Crippen molar-refractivity contribution in [3.8, 4) is 0 Å². The van der Waals surface area contributed by atoms with Crippen molar-refractivity contribution in [3.63, 3.8) is 0 Å². The Morgan fingerprint density at radius 1 is 1.16 bits per heavy atom. The summed E-state index contributed by atoms with van der Waals surface area (Å²) in [4.78, 5) is 1.14. The Kier molecular flexibility index (Phi) is 3.73. The van der Waals surface area contributed by atoms with Gasteiger partial charge >= 0.3 is 5.51 Å². The summed E-state index contributed by atoms with van der Waals surface area (Å²) in [6.45, 7) is 2.71. The van der Waals surface area contributed by atoms with E-state index in [-0.39, 0.29) is 0 Å². The molecule has 0 aliphatic carbocycles. The van der Waals surface area contributed by atoms with Crippen molar-refractivity contribution in [3.05, 3.63) is 24.3 Å². The summed E-state index contributed by atoms with van der Waals surface area (Å²) in [5, 5.41) is 3.11. The van der Waals surface area contributed by atoms with Gasteiger partial charge in [-0.2, -0.15) is 13.2 Å². The molecule has 106 valence electrons. The van der Waals surface area contributed by atoms with Gasteiger partial charge in [-0.05, 0) is 18.2 Å². The van der Waals surface area contributed by atoms with E-state index in [0.717, 1.165) is 25.2 Å². The van der Waals surface area contributed by atoms with Crippen LogP contribution in [0.3, 0.4) is 0 Å². The molecule has 0 amide bonds. The van der Waals surface area contributed by atoms with Gasteiger partial charge in [-0.15, -0.1) is 0 Å². The van der Waals surface area contributed by atoms with Crippen LogP contribution in [0, 0.1) is 0 Å². The van der Waals surface area contributed by atoms with Gasteiger partial charge in [-0.25, -0.2) is 8.42 Å². The summed E-state index contributed by atoms with van der Waals surface area (Å²) in [5.74, 6) is 0. The molecule has 1 aromatic carbocycles. The first-order valence-electron chi connectivity index (χ1n) is 5.69. The van der Waals surface area contributed by atoms with Crippen LogP contribution in [0.1, 0.15) is 0 Å². The molecule has 1 heterocycles. The van der Waals surface area contributed by atoms with E-state index in [4.69, 9.17) is 0 Å². The Labute approximate surface area is 109 Å². The van der Waals surface area contributed by atoms with Crippen LogP contribution in [0.15, 0.2) is 29.2 Å². The highest BCUT2D eigenvalue weighted by Crippen LogP contribution is 2.31. The molecule has 0 unspecified atom stereocenters. The first-order chi connectivity index (χ1) is 8.82. The number of rotatable bonds is 2. The van der Waals surface area contributed by atoms with Crippen molar-refractivity contribution in [2.24, 2.45) is 0 Å². The molecule has 1 fully saturated rings. The zero-order chi connectivity index (χ0) is 14.1. The summed E-state index contributed by atoms with van der Waals surface area (Å²) < 4.78 is 60.1. The minimum absolute atomic E-state index is 0.492. The van der Waals surface area contributed by atoms with Crippen LogP contribution < -0.4 is 10.2 Å². The topological polar surface area (TPSA) is 49.4 Å². The zero-order valence-corrected chi connectivity index (χ0v) is 10.8. The third-order valence-electron chi connectivity index (χ3n) is 2.91. The van der Waals surface area contributed by atoms with E-state index in [1.807, 2.05) is 4.90 Å². The number of alkyl halides is 3. The summed E-state index contributed by atoms with van der Waals surface area (Å²) in [6, 6.07) is 4.99. The lowest BCUT2D eigenvalue weighted by atomic mass is 10.2. The maximum atomic E-state index is 12.5. The van der Waals surface area contributed by atoms with Crippen LogP contribution >= 0.6 is 0 Å². The van der Waals surface area contributed by atoms with Crippen LogP contribution in [0.25, 0.3) is 0 Å². The molecule has 4 nitrogen and oxygen atoms in total. The van der Waals surface area contributed by atoms with Crippen LogP contribution in [0.4, 0.5) is 18.9 Å². The quantitative estimate of drug-likeness (QED) is 0.895. The van der Waals surface area contributed by atoms with Crippen molar-refractivity contribution in [1.29, 1.82) is 0 Å². The maximum absolute atomic E-state index is 12.5. The average molecular weight is 294 g/mol. The number of nitrogens with zero attached hydrogens (tertiary/aromatic N) is 1. The van der Waals surface area contributed by atoms with Gasteiger partial charge in [-0.1, -0.05) is 6.07 Å². The molecular weight excluding hydrogens is 281 g/mol. The van der Waals surface area contributed by atoms with E-state index in [1.165, 1.54) is 6.07 Å².